The number of nitrogens with zero attached hydrogens (tertiary/aromatic N) is 1. The number of carboxylic acid groups (broad SMARTS) is 1. The SMILES string of the molecule is CCOC(=O)[C@H](C(=O)O)C(C#N)CC(C)C.[Na]. The summed E-state index contributed by atoms with van der Waals surface area (Å²) in [6, 6.07) is 1.87. The summed E-state index contributed by atoms with van der Waals surface area (Å²) in [5, 5.41) is 17.8. The average molecular weight is 250 g/mol. The van der Waals surface area contributed by atoms with E-state index in [9.17, 15) is 9.59 Å². The summed E-state index contributed by atoms with van der Waals surface area (Å²) in [4.78, 5) is 22.4. The second-order valence-corrected chi connectivity index (χ2v) is 3.93. The van der Waals surface area contributed by atoms with E-state index >= 15 is 0 Å². The number of aliphatic carboxylic acids is 1. The Hall–Kier alpha value is -0.570. The molecule has 0 aliphatic rings. The molecule has 0 rings (SSSR count). The summed E-state index contributed by atoms with van der Waals surface area (Å²) in [6.07, 6.45) is 0.367. The van der Waals surface area contributed by atoms with Crippen LogP contribution in [0.3, 0.4) is 0 Å². The third-order valence-electron chi connectivity index (χ3n) is 2.10. The van der Waals surface area contributed by atoms with E-state index < -0.39 is 23.8 Å². The van der Waals surface area contributed by atoms with Crippen molar-refractivity contribution in [2.75, 3.05) is 6.61 Å². The van der Waals surface area contributed by atoms with Gasteiger partial charge in [0.05, 0.1) is 18.6 Å². The van der Waals surface area contributed by atoms with Crippen LogP contribution >= 0.6 is 0 Å². The Morgan fingerprint density at radius 3 is 2.24 bits per heavy atom. The third kappa shape index (κ3) is 6.67. The van der Waals surface area contributed by atoms with E-state index in [-0.39, 0.29) is 42.1 Å². The molecule has 1 unspecified atom stereocenters. The van der Waals surface area contributed by atoms with Gasteiger partial charge in [-0.25, -0.2) is 0 Å². The summed E-state index contributed by atoms with van der Waals surface area (Å²) in [5.74, 6) is -4.20. The fourth-order valence-electron chi connectivity index (χ4n) is 1.44. The average Bonchev–Trinajstić information content (AvgIpc) is 2.15. The van der Waals surface area contributed by atoms with Crippen molar-refractivity contribution < 1.29 is 19.4 Å². The third-order valence-corrected chi connectivity index (χ3v) is 2.10. The Kier molecular flexibility index (Phi) is 10.5. The Morgan fingerprint density at radius 1 is 1.41 bits per heavy atom. The van der Waals surface area contributed by atoms with Crippen LogP contribution in [0.4, 0.5) is 0 Å². The molecule has 0 aliphatic heterocycles. The number of hydrogen-bond acceptors (Lipinski definition) is 4. The maximum atomic E-state index is 11.4. The fourth-order valence-corrected chi connectivity index (χ4v) is 1.44. The second-order valence-electron chi connectivity index (χ2n) is 3.93. The molecule has 0 saturated carbocycles. The molecule has 5 nitrogen and oxygen atoms in total. The van der Waals surface area contributed by atoms with Gasteiger partial charge in [-0.3, -0.25) is 9.59 Å². The molecular formula is C11H17NNaO4. The van der Waals surface area contributed by atoms with Crippen molar-refractivity contribution in [3.05, 3.63) is 0 Å². The molecular weight excluding hydrogens is 233 g/mol. The van der Waals surface area contributed by atoms with E-state index in [2.05, 4.69) is 4.74 Å². The van der Waals surface area contributed by atoms with E-state index in [0.29, 0.717) is 6.42 Å². The first-order valence-electron chi connectivity index (χ1n) is 5.23. The Balaban J connectivity index is 0. The second kappa shape index (κ2) is 9.46. The van der Waals surface area contributed by atoms with Crippen molar-refractivity contribution in [2.45, 2.75) is 27.2 Å². The van der Waals surface area contributed by atoms with Gasteiger partial charge in [-0.2, -0.15) is 5.26 Å². The molecule has 0 aromatic carbocycles. The Labute approximate surface area is 123 Å². The molecule has 0 spiro atoms. The normalized spacial score (nSPS) is 13.1. The van der Waals surface area contributed by atoms with Gasteiger partial charge in [0.2, 0.25) is 0 Å². The number of nitriles is 1. The zero-order chi connectivity index (χ0) is 12.7. The van der Waals surface area contributed by atoms with Gasteiger partial charge in [-0.1, -0.05) is 13.8 Å². The molecule has 0 aromatic rings. The van der Waals surface area contributed by atoms with Crippen molar-refractivity contribution in [1.82, 2.24) is 0 Å². The number of carboxylic acids is 1. The standard InChI is InChI=1S/C11H17NO4.Na/c1-4-16-11(15)9(10(13)14)8(6-12)5-7(2)3;/h7-9H,4-5H2,1-3H3,(H,13,14);/t8?,9-;/m0./s1. The van der Waals surface area contributed by atoms with Crippen LogP contribution in [0.5, 0.6) is 0 Å². The van der Waals surface area contributed by atoms with Crippen LogP contribution in [0, 0.1) is 29.1 Å². The quantitative estimate of drug-likeness (QED) is 0.432. The topological polar surface area (TPSA) is 87.4 Å². The van der Waals surface area contributed by atoms with Gasteiger partial charge in [0.15, 0.2) is 5.92 Å². The van der Waals surface area contributed by atoms with Crippen molar-refractivity contribution in [3.63, 3.8) is 0 Å². The molecule has 2 atom stereocenters. The number of hydrogen-bond donors (Lipinski definition) is 1. The number of rotatable bonds is 6. The molecule has 1 N–H and O–H groups in total. The molecule has 17 heavy (non-hydrogen) atoms. The van der Waals surface area contributed by atoms with Crippen LogP contribution in [0.25, 0.3) is 0 Å². The monoisotopic (exact) mass is 250 g/mol. The molecule has 1 radical (unpaired) electrons. The van der Waals surface area contributed by atoms with Gasteiger partial charge in [0.1, 0.15) is 0 Å². The number of ether oxygens (including phenoxy) is 1. The summed E-state index contributed by atoms with van der Waals surface area (Å²) < 4.78 is 4.66. The molecule has 0 heterocycles. The fraction of sp³-hybridized carbons (Fsp3) is 0.727. The van der Waals surface area contributed by atoms with Gasteiger partial charge in [-0.15, -0.1) is 0 Å². The Bertz CT molecular complexity index is 298. The number of carbonyl (C=O) groups excluding carboxylic acids is 1. The van der Waals surface area contributed by atoms with E-state index in [1.165, 1.54) is 0 Å². The van der Waals surface area contributed by atoms with Crippen molar-refractivity contribution in [1.29, 1.82) is 5.26 Å². The predicted molar refractivity (Wildman–Crippen MR) is 62.1 cm³/mol. The van der Waals surface area contributed by atoms with E-state index in [4.69, 9.17) is 10.4 Å². The van der Waals surface area contributed by atoms with E-state index in [0.717, 1.165) is 0 Å². The summed E-state index contributed by atoms with van der Waals surface area (Å²) in [7, 11) is 0. The van der Waals surface area contributed by atoms with Crippen LogP contribution in [0.2, 0.25) is 0 Å². The smallest absolute Gasteiger partial charge is 0.321 e. The summed E-state index contributed by atoms with van der Waals surface area (Å²) in [5.41, 5.74) is 0. The first-order chi connectivity index (χ1) is 7.43. The molecule has 6 heteroatoms. The van der Waals surface area contributed by atoms with Crippen molar-refractivity contribution in [2.24, 2.45) is 17.8 Å². The summed E-state index contributed by atoms with van der Waals surface area (Å²) >= 11 is 0. The van der Waals surface area contributed by atoms with Gasteiger partial charge in [0, 0.05) is 29.6 Å². The van der Waals surface area contributed by atoms with Crippen LogP contribution in [0.15, 0.2) is 0 Å². The van der Waals surface area contributed by atoms with Gasteiger partial charge in [0.25, 0.3) is 0 Å². The molecule has 0 aromatic heterocycles. The van der Waals surface area contributed by atoms with Crippen LogP contribution < -0.4 is 0 Å². The van der Waals surface area contributed by atoms with E-state index in [1.807, 2.05) is 19.9 Å². The largest absolute Gasteiger partial charge is 0.481 e. The zero-order valence-corrected chi connectivity index (χ0v) is 12.8. The van der Waals surface area contributed by atoms with Crippen molar-refractivity contribution >= 4 is 41.5 Å². The minimum Gasteiger partial charge on any atom is -0.481 e. The first-order valence-corrected chi connectivity index (χ1v) is 5.23. The van der Waals surface area contributed by atoms with Crippen LogP contribution in [-0.2, 0) is 14.3 Å². The number of carbonyl (C=O) groups is 2. The maximum absolute atomic E-state index is 11.4. The first kappa shape index (κ1) is 18.8. The molecule has 91 valence electrons. The van der Waals surface area contributed by atoms with Gasteiger partial charge >= 0.3 is 11.9 Å². The predicted octanol–water partition coefficient (Wildman–Crippen LogP) is 1.06. The summed E-state index contributed by atoms with van der Waals surface area (Å²) in [6.45, 7) is 5.45. The molecule has 0 aliphatic carbocycles. The molecule has 0 saturated heterocycles. The van der Waals surface area contributed by atoms with Gasteiger partial charge in [-0.05, 0) is 19.3 Å². The van der Waals surface area contributed by atoms with Crippen molar-refractivity contribution in [3.8, 4) is 6.07 Å². The maximum Gasteiger partial charge on any atom is 0.321 e. The minimum atomic E-state index is -1.38. The minimum absolute atomic E-state index is 0. The molecule has 0 bridgehead atoms. The zero-order valence-electron chi connectivity index (χ0n) is 10.8. The van der Waals surface area contributed by atoms with Crippen LogP contribution in [-0.4, -0.2) is 53.2 Å². The Morgan fingerprint density at radius 2 is 1.94 bits per heavy atom. The molecule has 0 fully saturated rings. The molecule has 0 amide bonds. The van der Waals surface area contributed by atoms with Gasteiger partial charge < -0.3 is 9.84 Å². The van der Waals surface area contributed by atoms with Crippen LogP contribution in [0.1, 0.15) is 27.2 Å². The van der Waals surface area contributed by atoms with E-state index in [1.54, 1.807) is 6.92 Å². The number of esters is 1.